The van der Waals surface area contributed by atoms with Crippen molar-refractivity contribution in [2.24, 2.45) is 5.41 Å². The smallest absolute Gasteiger partial charge is 0.123 e. The van der Waals surface area contributed by atoms with Crippen LogP contribution >= 0.6 is 0 Å². The highest BCUT2D eigenvalue weighted by Crippen LogP contribution is 2.19. The zero-order valence-corrected chi connectivity index (χ0v) is 7.96. The van der Waals surface area contributed by atoms with Crippen molar-refractivity contribution in [2.45, 2.75) is 27.2 Å². The average molecular weight is 164 g/mol. The molecule has 1 aromatic heterocycles. The summed E-state index contributed by atoms with van der Waals surface area (Å²) < 4.78 is 0. The van der Waals surface area contributed by atoms with Gasteiger partial charge in [0, 0.05) is 5.69 Å². The van der Waals surface area contributed by atoms with Gasteiger partial charge in [0.1, 0.15) is 5.82 Å². The molecule has 0 aliphatic heterocycles. The predicted octanol–water partition coefficient (Wildman–Crippen LogP) is 2.25. The molecular formula is C10H16N2. The van der Waals surface area contributed by atoms with E-state index in [9.17, 15) is 0 Å². The Hall–Kier alpha value is -1.05. The zero-order chi connectivity index (χ0) is 9.19. The number of pyridine rings is 1. The molecule has 0 radical (unpaired) electrons. The van der Waals surface area contributed by atoms with Gasteiger partial charge in [-0.3, -0.25) is 0 Å². The maximum absolute atomic E-state index is 5.57. The molecule has 0 aliphatic carbocycles. The number of anilines is 1. The standard InChI is InChI=1S/C10H16N2/c1-10(2,3)7-8-5-4-6-9(11)12-8/h4-6H,7H2,1-3H3,(H2,11,12). The van der Waals surface area contributed by atoms with Crippen LogP contribution in [0.15, 0.2) is 18.2 Å². The number of aromatic nitrogens is 1. The lowest BCUT2D eigenvalue weighted by Gasteiger charge is -2.17. The lowest BCUT2D eigenvalue weighted by molar-refractivity contribution is 0.406. The van der Waals surface area contributed by atoms with Crippen molar-refractivity contribution in [1.29, 1.82) is 0 Å². The zero-order valence-electron chi connectivity index (χ0n) is 7.96. The maximum Gasteiger partial charge on any atom is 0.123 e. The number of nitrogens with zero attached hydrogens (tertiary/aromatic N) is 1. The summed E-state index contributed by atoms with van der Waals surface area (Å²) >= 11 is 0. The Morgan fingerprint density at radius 3 is 2.50 bits per heavy atom. The van der Waals surface area contributed by atoms with Crippen LogP contribution in [0.1, 0.15) is 26.5 Å². The Kier molecular flexibility index (Phi) is 2.36. The molecule has 2 N–H and O–H groups in total. The van der Waals surface area contributed by atoms with E-state index in [0.717, 1.165) is 12.1 Å². The number of hydrogen-bond acceptors (Lipinski definition) is 2. The molecule has 0 atom stereocenters. The first-order valence-electron chi connectivity index (χ1n) is 4.19. The van der Waals surface area contributed by atoms with Gasteiger partial charge in [-0.1, -0.05) is 26.8 Å². The van der Waals surface area contributed by atoms with Crippen molar-refractivity contribution >= 4 is 5.82 Å². The van der Waals surface area contributed by atoms with E-state index in [1.165, 1.54) is 0 Å². The van der Waals surface area contributed by atoms with Gasteiger partial charge < -0.3 is 5.73 Å². The third kappa shape index (κ3) is 2.91. The first-order chi connectivity index (χ1) is 5.47. The highest BCUT2D eigenvalue weighted by atomic mass is 14.8. The molecule has 66 valence electrons. The van der Waals surface area contributed by atoms with Gasteiger partial charge in [-0.05, 0) is 24.0 Å². The first-order valence-corrected chi connectivity index (χ1v) is 4.19. The molecule has 0 fully saturated rings. The molecule has 2 nitrogen and oxygen atoms in total. The molecule has 1 aromatic rings. The van der Waals surface area contributed by atoms with Crippen molar-refractivity contribution in [3.8, 4) is 0 Å². The average Bonchev–Trinajstić information content (AvgIpc) is 1.82. The van der Waals surface area contributed by atoms with E-state index >= 15 is 0 Å². The summed E-state index contributed by atoms with van der Waals surface area (Å²) in [7, 11) is 0. The van der Waals surface area contributed by atoms with Gasteiger partial charge >= 0.3 is 0 Å². The normalized spacial score (nSPS) is 11.6. The summed E-state index contributed by atoms with van der Waals surface area (Å²) in [6.07, 6.45) is 0.970. The molecule has 1 heterocycles. The molecule has 0 saturated heterocycles. The van der Waals surface area contributed by atoms with E-state index in [2.05, 4.69) is 25.8 Å². The molecule has 0 amide bonds. The van der Waals surface area contributed by atoms with Crippen LogP contribution in [0.3, 0.4) is 0 Å². The summed E-state index contributed by atoms with van der Waals surface area (Å²) in [4.78, 5) is 4.24. The van der Waals surface area contributed by atoms with Gasteiger partial charge in [-0.15, -0.1) is 0 Å². The van der Waals surface area contributed by atoms with Crippen LogP contribution in [0, 0.1) is 5.41 Å². The fraction of sp³-hybridized carbons (Fsp3) is 0.500. The molecule has 0 aliphatic rings. The summed E-state index contributed by atoms with van der Waals surface area (Å²) in [5, 5.41) is 0. The molecule has 0 bridgehead atoms. The Balaban J connectivity index is 2.77. The molecule has 0 unspecified atom stereocenters. The third-order valence-electron chi connectivity index (χ3n) is 1.54. The molecule has 0 saturated carbocycles. The SMILES string of the molecule is CC(C)(C)Cc1cccc(N)n1. The Labute approximate surface area is 73.8 Å². The highest BCUT2D eigenvalue weighted by molar-refractivity contribution is 5.28. The maximum atomic E-state index is 5.57. The van der Waals surface area contributed by atoms with Crippen molar-refractivity contribution in [1.82, 2.24) is 4.98 Å². The molecular weight excluding hydrogens is 148 g/mol. The van der Waals surface area contributed by atoms with Gasteiger partial charge in [0.15, 0.2) is 0 Å². The number of hydrogen-bond donors (Lipinski definition) is 1. The van der Waals surface area contributed by atoms with Crippen molar-refractivity contribution in [3.63, 3.8) is 0 Å². The van der Waals surface area contributed by atoms with Crippen LogP contribution < -0.4 is 5.73 Å². The molecule has 0 aromatic carbocycles. The minimum atomic E-state index is 0.279. The highest BCUT2D eigenvalue weighted by Gasteiger charge is 2.11. The second-order valence-electron chi connectivity index (χ2n) is 4.29. The van der Waals surface area contributed by atoms with E-state index in [0.29, 0.717) is 5.82 Å². The molecule has 0 spiro atoms. The quantitative estimate of drug-likeness (QED) is 0.691. The van der Waals surface area contributed by atoms with Crippen LogP contribution in [0.4, 0.5) is 5.82 Å². The number of rotatable bonds is 1. The number of nitrogen functional groups attached to an aromatic ring is 1. The Bertz CT molecular complexity index is 261. The largest absolute Gasteiger partial charge is 0.384 e. The van der Waals surface area contributed by atoms with E-state index in [4.69, 9.17) is 5.73 Å². The van der Waals surface area contributed by atoms with E-state index < -0.39 is 0 Å². The van der Waals surface area contributed by atoms with Gasteiger partial charge in [-0.25, -0.2) is 4.98 Å². The topological polar surface area (TPSA) is 38.9 Å². The minimum Gasteiger partial charge on any atom is -0.384 e. The Morgan fingerprint density at radius 2 is 2.00 bits per heavy atom. The minimum absolute atomic E-state index is 0.279. The third-order valence-corrected chi connectivity index (χ3v) is 1.54. The summed E-state index contributed by atoms with van der Waals surface area (Å²) in [5.74, 6) is 0.608. The Morgan fingerprint density at radius 1 is 1.33 bits per heavy atom. The molecule has 12 heavy (non-hydrogen) atoms. The van der Waals surface area contributed by atoms with Crippen LogP contribution in [0.2, 0.25) is 0 Å². The van der Waals surface area contributed by atoms with Crippen molar-refractivity contribution in [2.75, 3.05) is 5.73 Å². The lowest BCUT2D eigenvalue weighted by atomic mass is 9.90. The van der Waals surface area contributed by atoms with Crippen molar-refractivity contribution in [3.05, 3.63) is 23.9 Å². The second kappa shape index (κ2) is 3.13. The van der Waals surface area contributed by atoms with Gasteiger partial charge in [0.25, 0.3) is 0 Å². The second-order valence-corrected chi connectivity index (χ2v) is 4.29. The lowest BCUT2D eigenvalue weighted by Crippen LogP contribution is -2.10. The van der Waals surface area contributed by atoms with Gasteiger partial charge in [-0.2, -0.15) is 0 Å². The van der Waals surface area contributed by atoms with Crippen LogP contribution in [-0.4, -0.2) is 4.98 Å². The molecule has 1 rings (SSSR count). The van der Waals surface area contributed by atoms with E-state index in [-0.39, 0.29) is 5.41 Å². The van der Waals surface area contributed by atoms with E-state index in [1.807, 2.05) is 18.2 Å². The number of nitrogens with two attached hydrogens (primary N) is 1. The fourth-order valence-corrected chi connectivity index (χ4v) is 1.14. The van der Waals surface area contributed by atoms with E-state index in [1.54, 1.807) is 0 Å². The first kappa shape index (κ1) is 9.04. The van der Waals surface area contributed by atoms with Crippen molar-refractivity contribution < 1.29 is 0 Å². The summed E-state index contributed by atoms with van der Waals surface area (Å²) in [5.41, 5.74) is 6.92. The van der Waals surface area contributed by atoms with Crippen LogP contribution in [0.25, 0.3) is 0 Å². The summed E-state index contributed by atoms with van der Waals surface area (Å²) in [6.45, 7) is 6.58. The van der Waals surface area contributed by atoms with Crippen LogP contribution in [0.5, 0.6) is 0 Å². The molecule has 2 heteroatoms. The summed E-state index contributed by atoms with van der Waals surface area (Å²) in [6, 6.07) is 5.77. The van der Waals surface area contributed by atoms with Gasteiger partial charge in [0.2, 0.25) is 0 Å². The van der Waals surface area contributed by atoms with Gasteiger partial charge in [0.05, 0.1) is 0 Å². The predicted molar refractivity (Wildman–Crippen MR) is 51.8 cm³/mol. The van der Waals surface area contributed by atoms with Crippen LogP contribution in [-0.2, 0) is 6.42 Å². The fourth-order valence-electron chi connectivity index (χ4n) is 1.14. The monoisotopic (exact) mass is 164 g/mol.